The van der Waals surface area contributed by atoms with Crippen LogP contribution in [0.15, 0.2) is 30.5 Å². The highest BCUT2D eigenvalue weighted by Gasteiger charge is 2.39. The van der Waals surface area contributed by atoms with E-state index in [0.29, 0.717) is 17.8 Å². The molecule has 2 aromatic rings. The second-order valence-electron chi connectivity index (χ2n) is 6.33. The van der Waals surface area contributed by atoms with E-state index in [0.717, 1.165) is 24.6 Å². The molecule has 1 saturated heterocycles. The molecule has 0 aliphatic carbocycles. The third kappa shape index (κ3) is 3.23. The Morgan fingerprint density at radius 2 is 2.04 bits per heavy atom. The van der Waals surface area contributed by atoms with Crippen molar-refractivity contribution in [2.24, 2.45) is 5.92 Å². The number of nitrogens with one attached hydrogen (secondary N) is 2. The van der Waals surface area contributed by atoms with Gasteiger partial charge in [0.05, 0.1) is 16.6 Å². The van der Waals surface area contributed by atoms with Gasteiger partial charge < -0.3 is 10.6 Å². The molecule has 3 nitrogen and oxygen atoms in total. The van der Waals surface area contributed by atoms with Crippen LogP contribution in [0.3, 0.4) is 0 Å². The summed E-state index contributed by atoms with van der Waals surface area (Å²) in [6.07, 6.45) is -2.13. The first-order valence-electron chi connectivity index (χ1n) is 7.72. The Kier molecular flexibility index (Phi) is 5.42. The molecule has 0 spiro atoms. The highest BCUT2D eigenvalue weighted by Crippen LogP contribution is 2.40. The van der Waals surface area contributed by atoms with Crippen molar-refractivity contribution in [2.45, 2.75) is 25.1 Å². The van der Waals surface area contributed by atoms with Crippen molar-refractivity contribution < 1.29 is 13.2 Å². The third-order valence-electron chi connectivity index (χ3n) is 4.69. The molecule has 2 N–H and O–H groups in total. The second kappa shape index (κ2) is 6.86. The van der Waals surface area contributed by atoms with E-state index >= 15 is 0 Å². The van der Waals surface area contributed by atoms with Crippen LogP contribution in [0.5, 0.6) is 0 Å². The standard InChI is InChI=1S/C17H20F3N3.ClH/c1-11-8-16(21-2,10-22-9-11)13-5-6-14(17(18,19)20)15-12(13)4-3-7-23-15;/h3-7,11,21-22H,8-10H2,1-2H3;1H/t11-,16-;/m0./s1. The summed E-state index contributed by atoms with van der Waals surface area (Å²) in [5.41, 5.74) is -0.177. The summed E-state index contributed by atoms with van der Waals surface area (Å²) in [5.74, 6) is 0.435. The molecule has 0 bridgehead atoms. The minimum absolute atomic E-state index is 0. The molecule has 1 fully saturated rings. The molecule has 7 heteroatoms. The fourth-order valence-electron chi connectivity index (χ4n) is 3.62. The van der Waals surface area contributed by atoms with Crippen LogP contribution in [-0.4, -0.2) is 25.1 Å². The molecule has 1 aromatic heterocycles. The maximum Gasteiger partial charge on any atom is 0.418 e. The van der Waals surface area contributed by atoms with Crippen molar-refractivity contribution in [1.29, 1.82) is 0 Å². The fourth-order valence-corrected chi connectivity index (χ4v) is 3.62. The second-order valence-corrected chi connectivity index (χ2v) is 6.33. The van der Waals surface area contributed by atoms with Gasteiger partial charge in [0.15, 0.2) is 0 Å². The predicted octanol–water partition coefficient (Wildman–Crippen LogP) is 3.72. The zero-order valence-corrected chi connectivity index (χ0v) is 14.4. The van der Waals surface area contributed by atoms with Crippen molar-refractivity contribution in [1.82, 2.24) is 15.6 Å². The van der Waals surface area contributed by atoms with Crippen LogP contribution < -0.4 is 10.6 Å². The average Bonchev–Trinajstić information content (AvgIpc) is 2.52. The lowest BCUT2D eigenvalue weighted by atomic mass is 9.77. The number of pyridine rings is 1. The van der Waals surface area contributed by atoms with Crippen molar-refractivity contribution in [3.63, 3.8) is 0 Å². The number of piperidine rings is 1. The summed E-state index contributed by atoms with van der Waals surface area (Å²) < 4.78 is 39.8. The number of hydrogen-bond acceptors (Lipinski definition) is 3. The number of halogens is 4. The van der Waals surface area contributed by atoms with Gasteiger partial charge in [-0.05, 0) is 43.6 Å². The molecule has 1 aliphatic heterocycles. The minimum atomic E-state index is -4.41. The van der Waals surface area contributed by atoms with Crippen LogP contribution in [-0.2, 0) is 11.7 Å². The molecular weight excluding hydrogens is 339 g/mol. The van der Waals surface area contributed by atoms with E-state index in [9.17, 15) is 13.2 Å². The minimum Gasteiger partial charge on any atom is -0.314 e. The van der Waals surface area contributed by atoms with Gasteiger partial charge in [-0.15, -0.1) is 12.4 Å². The van der Waals surface area contributed by atoms with E-state index in [-0.39, 0.29) is 23.5 Å². The summed E-state index contributed by atoms with van der Waals surface area (Å²) in [7, 11) is 1.86. The first kappa shape index (κ1) is 19.0. The van der Waals surface area contributed by atoms with E-state index in [2.05, 4.69) is 22.5 Å². The largest absolute Gasteiger partial charge is 0.418 e. The maximum atomic E-state index is 13.3. The van der Waals surface area contributed by atoms with Gasteiger partial charge in [-0.3, -0.25) is 4.98 Å². The van der Waals surface area contributed by atoms with Crippen molar-refractivity contribution >= 4 is 23.3 Å². The van der Waals surface area contributed by atoms with E-state index in [1.165, 1.54) is 6.20 Å². The smallest absolute Gasteiger partial charge is 0.314 e. The van der Waals surface area contributed by atoms with E-state index in [1.54, 1.807) is 18.2 Å². The van der Waals surface area contributed by atoms with Gasteiger partial charge in [-0.2, -0.15) is 13.2 Å². The molecule has 0 amide bonds. The number of alkyl halides is 3. The monoisotopic (exact) mass is 359 g/mol. The number of rotatable bonds is 2. The van der Waals surface area contributed by atoms with Crippen LogP contribution in [0.1, 0.15) is 24.5 Å². The summed E-state index contributed by atoms with van der Waals surface area (Å²) >= 11 is 0. The molecule has 0 saturated carbocycles. The summed E-state index contributed by atoms with van der Waals surface area (Å²) in [5, 5.41) is 7.28. The van der Waals surface area contributed by atoms with Crippen LogP contribution in [0.4, 0.5) is 13.2 Å². The Bertz CT molecular complexity index is 720. The number of fused-ring (bicyclic) bond motifs is 1. The lowest BCUT2D eigenvalue weighted by Gasteiger charge is -2.41. The molecule has 3 rings (SSSR count). The molecule has 0 radical (unpaired) electrons. The molecule has 0 unspecified atom stereocenters. The van der Waals surface area contributed by atoms with Gasteiger partial charge >= 0.3 is 6.18 Å². The molecule has 132 valence electrons. The zero-order chi connectivity index (χ0) is 16.7. The Labute approximate surface area is 145 Å². The topological polar surface area (TPSA) is 37.0 Å². The number of aromatic nitrogens is 1. The van der Waals surface area contributed by atoms with Gasteiger partial charge in [0.2, 0.25) is 0 Å². The van der Waals surface area contributed by atoms with Gasteiger partial charge in [0.1, 0.15) is 0 Å². The number of hydrogen-bond donors (Lipinski definition) is 2. The van der Waals surface area contributed by atoms with Crippen LogP contribution >= 0.6 is 12.4 Å². The molecule has 1 aromatic carbocycles. The van der Waals surface area contributed by atoms with Gasteiger partial charge in [0.25, 0.3) is 0 Å². The lowest BCUT2D eigenvalue weighted by Crippen LogP contribution is -2.54. The van der Waals surface area contributed by atoms with Crippen molar-refractivity contribution in [3.8, 4) is 0 Å². The fraction of sp³-hybridized carbons (Fsp3) is 0.471. The van der Waals surface area contributed by atoms with Crippen LogP contribution in [0.25, 0.3) is 10.9 Å². The maximum absolute atomic E-state index is 13.3. The Morgan fingerprint density at radius 3 is 2.67 bits per heavy atom. The Balaban J connectivity index is 0.00000208. The Hall–Kier alpha value is -1.37. The van der Waals surface area contributed by atoms with E-state index in [1.807, 2.05) is 7.05 Å². The van der Waals surface area contributed by atoms with Crippen molar-refractivity contribution in [3.05, 3.63) is 41.6 Å². The first-order valence-corrected chi connectivity index (χ1v) is 7.72. The SMILES string of the molecule is CN[C@]1(c2ccc(C(F)(F)F)c3ncccc23)CNC[C@@H](C)C1.Cl. The normalized spacial score (nSPS) is 24.6. The number of likely N-dealkylation sites (N-methyl/N-ethyl adjacent to an activating group) is 1. The van der Waals surface area contributed by atoms with Crippen LogP contribution in [0.2, 0.25) is 0 Å². The first-order chi connectivity index (χ1) is 10.9. The molecule has 1 aliphatic rings. The summed E-state index contributed by atoms with van der Waals surface area (Å²) in [6.45, 7) is 3.74. The molecule has 2 heterocycles. The summed E-state index contributed by atoms with van der Waals surface area (Å²) in [4.78, 5) is 4.02. The lowest BCUT2D eigenvalue weighted by molar-refractivity contribution is -0.136. The van der Waals surface area contributed by atoms with Gasteiger partial charge in [-0.25, -0.2) is 0 Å². The zero-order valence-electron chi connectivity index (χ0n) is 13.6. The highest BCUT2D eigenvalue weighted by atomic mass is 35.5. The van der Waals surface area contributed by atoms with Crippen LogP contribution in [0, 0.1) is 5.92 Å². The molecule has 2 atom stereocenters. The predicted molar refractivity (Wildman–Crippen MR) is 91.4 cm³/mol. The van der Waals surface area contributed by atoms with E-state index in [4.69, 9.17) is 0 Å². The third-order valence-corrected chi connectivity index (χ3v) is 4.69. The molecular formula is C17H21ClF3N3. The van der Waals surface area contributed by atoms with Gasteiger partial charge in [-0.1, -0.05) is 19.1 Å². The summed E-state index contributed by atoms with van der Waals surface area (Å²) in [6, 6.07) is 6.17. The quantitative estimate of drug-likeness (QED) is 0.858. The number of benzene rings is 1. The van der Waals surface area contributed by atoms with Gasteiger partial charge in [0, 0.05) is 18.1 Å². The highest BCUT2D eigenvalue weighted by molar-refractivity contribution is 5.86. The average molecular weight is 360 g/mol. The Morgan fingerprint density at radius 1 is 1.29 bits per heavy atom. The van der Waals surface area contributed by atoms with E-state index < -0.39 is 11.7 Å². The molecule has 24 heavy (non-hydrogen) atoms. The number of nitrogens with zero attached hydrogens (tertiary/aromatic N) is 1. The van der Waals surface area contributed by atoms with Crippen molar-refractivity contribution in [2.75, 3.05) is 20.1 Å².